The maximum absolute atomic E-state index is 13.7. The summed E-state index contributed by atoms with van der Waals surface area (Å²) in [7, 11) is -1.68. The van der Waals surface area contributed by atoms with Gasteiger partial charge < -0.3 is 4.74 Å². The Hall–Kier alpha value is -2.00. The third-order valence-corrected chi connectivity index (χ3v) is 13.9. The molecule has 0 radical (unpaired) electrons. The Balaban J connectivity index is 1.65. The van der Waals surface area contributed by atoms with E-state index in [1.54, 1.807) is 0 Å². The average Bonchev–Trinajstić information content (AvgIpc) is 3.01. The number of nitrogens with one attached hydrogen (secondary N) is 1. The first-order chi connectivity index (χ1) is 19.9. The highest BCUT2D eigenvalue weighted by atomic mass is 32.2. The fourth-order valence-corrected chi connectivity index (χ4v) is 11.4. The third-order valence-electron chi connectivity index (χ3n) is 8.69. The van der Waals surface area contributed by atoms with Crippen molar-refractivity contribution in [2.45, 2.75) is 114 Å². The van der Waals surface area contributed by atoms with Crippen LogP contribution in [0.2, 0.25) is 0 Å². The number of ether oxygens (including phenoxy) is 1. The van der Waals surface area contributed by atoms with Crippen molar-refractivity contribution in [2.75, 3.05) is 0 Å². The van der Waals surface area contributed by atoms with Gasteiger partial charge in [0, 0.05) is 5.30 Å². The van der Waals surface area contributed by atoms with Crippen LogP contribution in [0.4, 0.5) is 0 Å². The van der Waals surface area contributed by atoms with Gasteiger partial charge in [0.15, 0.2) is 0 Å². The van der Waals surface area contributed by atoms with Crippen LogP contribution in [0.15, 0.2) is 78.9 Å². The van der Waals surface area contributed by atoms with Gasteiger partial charge in [-0.15, -0.1) is 0 Å². The van der Waals surface area contributed by atoms with Gasteiger partial charge in [-0.2, -0.15) is 0 Å². The van der Waals surface area contributed by atoms with E-state index in [1.165, 1.54) is 80.6 Å². The zero-order valence-electron chi connectivity index (χ0n) is 25.2. The normalized spacial score (nSPS) is 18.7. The van der Waals surface area contributed by atoms with Gasteiger partial charge in [0.1, 0.15) is 12.4 Å². The van der Waals surface area contributed by atoms with Crippen molar-refractivity contribution in [3.8, 4) is 5.75 Å². The van der Waals surface area contributed by atoms with Crippen LogP contribution in [0.1, 0.15) is 108 Å². The van der Waals surface area contributed by atoms with Crippen molar-refractivity contribution in [2.24, 2.45) is 0 Å². The predicted molar refractivity (Wildman–Crippen MR) is 177 cm³/mol. The van der Waals surface area contributed by atoms with Gasteiger partial charge in [-0.1, -0.05) is 119 Å². The molecule has 2 fully saturated rings. The Morgan fingerprint density at radius 1 is 0.780 bits per heavy atom. The van der Waals surface area contributed by atoms with E-state index >= 15 is 0 Å². The molecule has 2 atom stereocenters. The number of hydrogen-bond acceptors (Lipinski definition) is 2. The predicted octanol–water partition coefficient (Wildman–Crippen LogP) is 9.18. The molecule has 5 rings (SSSR count). The largest absolute Gasteiger partial charge is 0.488 e. The summed E-state index contributed by atoms with van der Waals surface area (Å²) in [6, 6.07) is 27.7. The third kappa shape index (κ3) is 7.89. The molecule has 2 saturated carbocycles. The molecule has 220 valence electrons. The molecule has 2 aliphatic carbocycles. The second-order valence-electron chi connectivity index (χ2n) is 12.8. The molecule has 0 amide bonds. The molecule has 0 bridgehead atoms. The molecule has 0 heterocycles. The molecule has 5 heteroatoms. The topological polar surface area (TPSA) is 38.3 Å². The molecule has 3 aromatic rings. The van der Waals surface area contributed by atoms with E-state index in [0.717, 1.165) is 22.6 Å². The van der Waals surface area contributed by atoms with Gasteiger partial charge >= 0.3 is 0 Å². The molecule has 3 nitrogen and oxygen atoms in total. The molecular weight excluding hydrogens is 541 g/mol. The Morgan fingerprint density at radius 2 is 1.34 bits per heavy atom. The summed E-state index contributed by atoms with van der Waals surface area (Å²) in [6.07, 6.45) is 13.4. The molecule has 2 aliphatic rings. The Morgan fingerprint density at radius 3 is 1.90 bits per heavy atom. The number of rotatable bonds is 10. The molecule has 0 unspecified atom stereocenters. The molecule has 1 N–H and O–H groups in total. The van der Waals surface area contributed by atoms with Crippen LogP contribution in [-0.4, -0.2) is 20.3 Å². The summed E-state index contributed by atoms with van der Waals surface area (Å²) >= 11 is 0. The summed E-state index contributed by atoms with van der Waals surface area (Å²) in [5.74, 6) is 1.04. The van der Waals surface area contributed by atoms with Crippen LogP contribution in [-0.2, 0) is 17.6 Å². The van der Waals surface area contributed by atoms with Crippen LogP contribution < -0.4 is 14.8 Å². The van der Waals surface area contributed by atoms with Crippen LogP contribution in [0, 0.1) is 0 Å². The van der Waals surface area contributed by atoms with Crippen LogP contribution in [0.5, 0.6) is 5.75 Å². The molecule has 0 aliphatic heterocycles. The maximum Gasteiger partial charge on any atom is 0.127 e. The summed E-state index contributed by atoms with van der Waals surface area (Å²) < 4.78 is 23.7. The Labute approximate surface area is 252 Å². The van der Waals surface area contributed by atoms with E-state index in [0.29, 0.717) is 6.61 Å². The monoisotopic (exact) mass is 589 g/mol. The van der Waals surface area contributed by atoms with Gasteiger partial charge in [0.2, 0.25) is 0 Å². The lowest BCUT2D eigenvalue weighted by atomic mass is 9.99. The van der Waals surface area contributed by atoms with Crippen molar-refractivity contribution in [3.05, 3.63) is 95.6 Å². The van der Waals surface area contributed by atoms with Gasteiger partial charge in [0.25, 0.3) is 0 Å². The van der Waals surface area contributed by atoms with Crippen molar-refractivity contribution in [3.63, 3.8) is 0 Å². The molecule has 41 heavy (non-hydrogen) atoms. The minimum Gasteiger partial charge on any atom is -0.488 e. The Kier molecular flexibility index (Phi) is 10.7. The lowest BCUT2D eigenvalue weighted by Gasteiger charge is -2.41. The smallest absolute Gasteiger partial charge is 0.127 e. The van der Waals surface area contributed by atoms with Crippen molar-refractivity contribution < 1.29 is 8.95 Å². The van der Waals surface area contributed by atoms with E-state index in [9.17, 15) is 4.21 Å². The minimum absolute atomic E-state index is 0.163. The standard InChI is InChI=1S/C36H48NO2PS/c1-36(2,3)41(38)37-34(29-19-10-5-11-20-29)32-25-16-26-33(39-27-28-17-8-4-9-18-28)35(32)40(30-21-12-6-13-22-30)31-23-14-7-15-24-31/h4-5,8-11,16-20,25-26,30-31,34,37H,6-7,12-15,21-24,27H2,1-3H3/t34-,41+/m0/s1. The van der Waals surface area contributed by atoms with E-state index in [1.807, 2.05) is 0 Å². The first-order valence-corrected chi connectivity index (χ1v) is 18.4. The van der Waals surface area contributed by atoms with Gasteiger partial charge in [-0.3, -0.25) is 0 Å². The quantitative estimate of drug-likeness (QED) is 0.240. The second-order valence-corrected chi connectivity index (χ2v) is 17.5. The molecular formula is C36H48NO2PS. The SMILES string of the molecule is CC(C)(C)[S@@](=O)N[C@@H](c1ccccc1)c1cccc(OCc2ccccc2)c1P(C1CCCCC1)C1CCCCC1. The fourth-order valence-electron chi connectivity index (χ4n) is 6.52. The van der Waals surface area contributed by atoms with Gasteiger partial charge in [-0.25, -0.2) is 8.93 Å². The van der Waals surface area contributed by atoms with Crippen LogP contribution >= 0.6 is 7.92 Å². The second kappa shape index (κ2) is 14.5. The highest BCUT2D eigenvalue weighted by Crippen LogP contribution is 2.57. The minimum atomic E-state index is -1.22. The number of benzene rings is 3. The average molecular weight is 590 g/mol. The van der Waals surface area contributed by atoms with E-state index < -0.39 is 18.9 Å². The molecule has 0 saturated heterocycles. The van der Waals surface area contributed by atoms with Crippen LogP contribution in [0.3, 0.4) is 0 Å². The van der Waals surface area contributed by atoms with Crippen molar-refractivity contribution in [1.82, 2.24) is 4.72 Å². The van der Waals surface area contributed by atoms with Crippen molar-refractivity contribution >= 4 is 24.2 Å². The highest BCUT2D eigenvalue weighted by molar-refractivity contribution is 7.84. The summed E-state index contributed by atoms with van der Waals surface area (Å²) in [4.78, 5) is 0. The first-order valence-electron chi connectivity index (χ1n) is 15.7. The summed E-state index contributed by atoms with van der Waals surface area (Å²) in [5, 5.41) is 1.43. The lowest BCUT2D eigenvalue weighted by Crippen LogP contribution is -2.38. The Bertz CT molecular complexity index is 1230. The number of hydrogen-bond donors (Lipinski definition) is 1. The lowest BCUT2D eigenvalue weighted by molar-refractivity contribution is 0.308. The molecule has 0 aromatic heterocycles. The fraction of sp³-hybridized carbons (Fsp3) is 0.500. The van der Waals surface area contributed by atoms with E-state index in [-0.39, 0.29) is 10.8 Å². The van der Waals surface area contributed by atoms with Crippen LogP contribution in [0.25, 0.3) is 0 Å². The van der Waals surface area contributed by atoms with E-state index in [4.69, 9.17) is 4.74 Å². The zero-order valence-corrected chi connectivity index (χ0v) is 26.9. The van der Waals surface area contributed by atoms with Gasteiger partial charge in [-0.05, 0) is 80.5 Å². The van der Waals surface area contributed by atoms with E-state index in [2.05, 4.69) is 104 Å². The van der Waals surface area contributed by atoms with Gasteiger partial charge in [0.05, 0.1) is 21.8 Å². The van der Waals surface area contributed by atoms with Crippen molar-refractivity contribution in [1.29, 1.82) is 0 Å². The zero-order chi connectivity index (χ0) is 28.7. The summed E-state index contributed by atoms with van der Waals surface area (Å²) in [6.45, 7) is 6.72. The first kappa shape index (κ1) is 30.5. The highest BCUT2D eigenvalue weighted by Gasteiger charge is 2.37. The molecule has 3 aromatic carbocycles. The molecule has 0 spiro atoms. The maximum atomic E-state index is 13.7. The summed E-state index contributed by atoms with van der Waals surface area (Å²) in [5.41, 5.74) is 5.07.